The molecule has 0 amide bonds. The molecule has 0 aliphatic carbocycles. The van der Waals surface area contributed by atoms with Gasteiger partial charge in [-0.1, -0.05) is 29.3 Å². The Balaban J connectivity index is 2.11. The number of rotatable bonds is 4. The highest BCUT2D eigenvalue weighted by Gasteiger charge is 2.19. The highest BCUT2D eigenvalue weighted by molar-refractivity contribution is 6.42. The van der Waals surface area contributed by atoms with E-state index in [9.17, 15) is 9.59 Å². The van der Waals surface area contributed by atoms with Gasteiger partial charge in [0.25, 0.3) is 0 Å². The average molecular weight is 352 g/mol. The average Bonchev–Trinajstić information content (AvgIpc) is 3.09. The number of nitrogens with zero attached hydrogens (tertiary/aromatic N) is 1. The smallest absolute Gasteiger partial charge is 0.354 e. The zero-order valence-corrected chi connectivity index (χ0v) is 13.5. The first-order valence-corrected chi connectivity index (χ1v) is 7.39. The van der Waals surface area contributed by atoms with Crippen LogP contribution in [0.15, 0.2) is 34.7 Å². The van der Waals surface area contributed by atoms with Gasteiger partial charge in [-0.25, -0.2) is 4.79 Å². The highest BCUT2D eigenvalue weighted by Crippen LogP contribution is 2.27. The van der Waals surface area contributed by atoms with Crippen LogP contribution in [0.3, 0.4) is 0 Å². The van der Waals surface area contributed by atoms with Gasteiger partial charge in [0, 0.05) is 18.7 Å². The van der Waals surface area contributed by atoms with E-state index >= 15 is 0 Å². The number of aromatic nitrogens is 1. The molecule has 7 heteroatoms. The van der Waals surface area contributed by atoms with E-state index < -0.39 is 5.97 Å². The van der Waals surface area contributed by atoms with E-state index in [-0.39, 0.29) is 5.76 Å². The topological polar surface area (TPSA) is 61.4 Å². The summed E-state index contributed by atoms with van der Waals surface area (Å²) in [5.74, 6) is -0.307. The normalized spacial score (nSPS) is 10.9. The quantitative estimate of drug-likeness (QED) is 0.522. The van der Waals surface area contributed by atoms with Gasteiger partial charge in [-0.2, -0.15) is 0 Å². The van der Waals surface area contributed by atoms with Crippen molar-refractivity contribution in [1.82, 2.24) is 4.57 Å². The molecule has 2 heterocycles. The number of ether oxygens (including phenoxy) is 1. The third-order valence-corrected chi connectivity index (χ3v) is 4.18. The summed E-state index contributed by atoms with van der Waals surface area (Å²) < 4.78 is 11.9. The maximum atomic E-state index is 12.0. The van der Waals surface area contributed by atoms with E-state index in [0.717, 1.165) is 5.56 Å². The Morgan fingerprint density at radius 3 is 2.70 bits per heavy atom. The second-order valence-corrected chi connectivity index (χ2v) is 5.69. The number of carbonyl (C=O) groups excluding carboxylic acids is 2. The minimum atomic E-state index is -0.496. The lowest BCUT2D eigenvalue weighted by Gasteiger charge is -2.09. The summed E-state index contributed by atoms with van der Waals surface area (Å²) >= 11 is 11.9. The van der Waals surface area contributed by atoms with Crippen LogP contribution in [0.5, 0.6) is 0 Å². The van der Waals surface area contributed by atoms with Gasteiger partial charge in [-0.3, -0.25) is 4.79 Å². The Morgan fingerprint density at radius 2 is 2.04 bits per heavy atom. The number of benzene rings is 1. The molecule has 0 aliphatic heterocycles. The molecule has 0 unspecified atom stereocenters. The molecule has 2 aromatic heterocycles. The van der Waals surface area contributed by atoms with Gasteiger partial charge in [0.15, 0.2) is 17.6 Å². The summed E-state index contributed by atoms with van der Waals surface area (Å²) in [7, 11) is 1.30. The fraction of sp³-hybridized carbons (Fsp3) is 0.125. The lowest BCUT2D eigenvalue weighted by Crippen LogP contribution is -2.11. The number of hydrogen-bond donors (Lipinski definition) is 0. The largest absolute Gasteiger partial charge is 0.464 e. The fourth-order valence-corrected chi connectivity index (χ4v) is 2.70. The number of halogens is 2. The summed E-state index contributed by atoms with van der Waals surface area (Å²) in [6.07, 6.45) is 0.612. The molecule has 0 fully saturated rings. The number of aldehydes is 1. The SMILES string of the molecule is COC(=O)c1cc2oc(C=O)cc2n1Cc1ccc(Cl)c(Cl)c1. The van der Waals surface area contributed by atoms with Crippen molar-refractivity contribution in [1.29, 1.82) is 0 Å². The lowest BCUT2D eigenvalue weighted by atomic mass is 10.2. The molecule has 3 rings (SSSR count). The minimum Gasteiger partial charge on any atom is -0.464 e. The zero-order chi connectivity index (χ0) is 16.6. The molecule has 0 bridgehead atoms. The van der Waals surface area contributed by atoms with Gasteiger partial charge in [-0.15, -0.1) is 0 Å². The molecule has 0 saturated carbocycles. The predicted octanol–water partition coefficient (Wildman–Crippen LogP) is 4.19. The molecule has 23 heavy (non-hydrogen) atoms. The zero-order valence-electron chi connectivity index (χ0n) is 12.0. The van der Waals surface area contributed by atoms with Crippen LogP contribution in [-0.4, -0.2) is 23.9 Å². The number of hydrogen-bond acceptors (Lipinski definition) is 4. The molecule has 118 valence electrons. The number of carbonyl (C=O) groups is 2. The number of methoxy groups -OCH3 is 1. The van der Waals surface area contributed by atoms with E-state index in [1.54, 1.807) is 28.8 Å². The van der Waals surface area contributed by atoms with E-state index in [2.05, 4.69) is 0 Å². The Bertz CT molecular complexity index is 910. The third-order valence-electron chi connectivity index (χ3n) is 3.44. The van der Waals surface area contributed by atoms with Gasteiger partial charge in [0.2, 0.25) is 0 Å². The second-order valence-electron chi connectivity index (χ2n) is 4.87. The number of fused-ring (bicyclic) bond motifs is 1. The van der Waals surface area contributed by atoms with Gasteiger partial charge < -0.3 is 13.7 Å². The number of esters is 1. The molecule has 0 N–H and O–H groups in total. The van der Waals surface area contributed by atoms with Crippen LogP contribution in [0.4, 0.5) is 0 Å². The van der Waals surface area contributed by atoms with Gasteiger partial charge in [0.1, 0.15) is 5.69 Å². The Morgan fingerprint density at radius 1 is 1.26 bits per heavy atom. The molecule has 5 nitrogen and oxygen atoms in total. The third kappa shape index (κ3) is 2.85. The van der Waals surface area contributed by atoms with Crippen molar-refractivity contribution in [3.63, 3.8) is 0 Å². The van der Waals surface area contributed by atoms with E-state index in [1.165, 1.54) is 7.11 Å². The summed E-state index contributed by atoms with van der Waals surface area (Å²) in [6.45, 7) is 0.350. The standard InChI is InChI=1S/C16H11Cl2NO4/c1-22-16(21)14-6-15-13(5-10(8-20)23-15)19(14)7-9-2-3-11(17)12(18)4-9/h2-6,8H,7H2,1H3. The molecule has 0 radical (unpaired) electrons. The molecule has 0 spiro atoms. The summed E-state index contributed by atoms with van der Waals surface area (Å²) in [5, 5.41) is 0.876. The molecule has 1 aromatic carbocycles. The van der Waals surface area contributed by atoms with E-state index in [0.29, 0.717) is 39.7 Å². The van der Waals surface area contributed by atoms with Gasteiger partial charge in [-0.05, 0) is 17.7 Å². The molecule has 3 aromatic rings. The maximum Gasteiger partial charge on any atom is 0.354 e. The second kappa shape index (κ2) is 6.10. The molecule has 0 atom stereocenters. The van der Waals surface area contributed by atoms with Crippen LogP contribution in [0.25, 0.3) is 11.1 Å². The van der Waals surface area contributed by atoms with Gasteiger partial charge in [0.05, 0.1) is 22.7 Å². The molecule has 0 aliphatic rings. The Labute approximate surface area is 141 Å². The monoisotopic (exact) mass is 351 g/mol. The summed E-state index contributed by atoms with van der Waals surface area (Å²) in [4.78, 5) is 22.8. The van der Waals surface area contributed by atoms with E-state index in [4.69, 9.17) is 32.4 Å². The van der Waals surface area contributed by atoms with Crippen molar-refractivity contribution < 1.29 is 18.7 Å². The van der Waals surface area contributed by atoms with Crippen LogP contribution in [0.1, 0.15) is 26.6 Å². The van der Waals surface area contributed by atoms with Crippen molar-refractivity contribution in [2.24, 2.45) is 0 Å². The molecule has 0 saturated heterocycles. The predicted molar refractivity (Wildman–Crippen MR) is 86.5 cm³/mol. The minimum absolute atomic E-state index is 0.189. The molecular weight excluding hydrogens is 341 g/mol. The summed E-state index contributed by atoms with van der Waals surface area (Å²) in [5.41, 5.74) is 2.23. The number of furan rings is 1. The van der Waals surface area contributed by atoms with Crippen molar-refractivity contribution in [3.8, 4) is 0 Å². The molecular formula is C16H11Cl2NO4. The Kier molecular flexibility index (Phi) is 4.15. The fourth-order valence-electron chi connectivity index (χ4n) is 2.38. The van der Waals surface area contributed by atoms with Crippen LogP contribution in [-0.2, 0) is 11.3 Å². The van der Waals surface area contributed by atoms with Crippen molar-refractivity contribution >= 4 is 46.6 Å². The Hall–Kier alpha value is -2.24. The van der Waals surface area contributed by atoms with Crippen LogP contribution < -0.4 is 0 Å². The van der Waals surface area contributed by atoms with E-state index in [1.807, 2.05) is 6.07 Å². The lowest BCUT2D eigenvalue weighted by molar-refractivity contribution is 0.0589. The van der Waals surface area contributed by atoms with Crippen LogP contribution in [0.2, 0.25) is 10.0 Å². The summed E-state index contributed by atoms with van der Waals surface area (Å²) in [6, 6.07) is 8.33. The first-order valence-electron chi connectivity index (χ1n) is 6.64. The van der Waals surface area contributed by atoms with Crippen molar-refractivity contribution in [3.05, 3.63) is 57.4 Å². The van der Waals surface area contributed by atoms with Crippen LogP contribution >= 0.6 is 23.2 Å². The first kappa shape index (κ1) is 15.6. The van der Waals surface area contributed by atoms with Crippen LogP contribution in [0, 0.1) is 0 Å². The first-order chi connectivity index (χ1) is 11.0. The van der Waals surface area contributed by atoms with Gasteiger partial charge >= 0.3 is 5.97 Å². The maximum absolute atomic E-state index is 12.0. The van der Waals surface area contributed by atoms with Crippen molar-refractivity contribution in [2.75, 3.05) is 7.11 Å². The van der Waals surface area contributed by atoms with Crippen molar-refractivity contribution in [2.45, 2.75) is 6.54 Å². The highest BCUT2D eigenvalue weighted by atomic mass is 35.5.